The Labute approximate surface area is 155 Å². The van der Waals surface area contributed by atoms with Crippen LogP contribution in [0.3, 0.4) is 0 Å². The second kappa shape index (κ2) is 8.45. The van der Waals surface area contributed by atoms with E-state index in [0.717, 1.165) is 12.1 Å². The summed E-state index contributed by atoms with van der Waals surface area (Å²) in [6.45, 7) is 4.05. The van der Waals surface area contributed by atoms with E-state index in [-0.39, 0.29) is 18.6 Å². The van der Waals surface area contributed by atoms with Gasteiger partial charge >= 0.3 is 12.2 Å². The van der Waals surface area contributed by atoms with Gasteiger partial charge in [-0.2, -0.15) is 13.2 Å². The molecule has 0 heterocycles. The van der Waals surface area contributed by atoms with Gasteiger partial charge in [0.2, 0.25) is 0 Å². The summed E-state index contributed by atoms with van der Waals surface area (Å²) in [5.74, 6) is 0. The molecule has 1 unspecified atom stereocenters. The molecule has 7 heteroatoms. The number of benzene rings is 2. The molecule has 0 aliphatic heterocycles. The Morgan fingerprint density at radius 1 is 1.12 bits per heavy atom. The van der Waals surface area contributed by atoms with Gasteiger partial charge in [0.1, 0.15) is 0 Å². The van der Waals surface area contributed by atoms with Gasteiger partial charge in [0.05, 0.1) is 5.56 Å². The number of amides is 2. The van der Waals surface area contributed by atoms with Crippen molar-refractivity contribution in [1.82, 2.24) is 4.90 Å². The lowest BCUT2D eigenvalue weighted by Crippen LogP contribution is -2.40. The van der Waals surface area contributed by atoms with Crippen molar-refractivity contribution >= 4 is 23.3 Å². The summed E-state index contributed by atoms with van der Waals surface area (Å²) in [4.78, 5) is 14.2. The van der Waals surface area contributed by atoms with Crippen LogP contribution in [-0.2, 0) is 12.7 Å². The van der Waals surface area contributed by atoms with Gasteiger partial charge in [0.25, 0.3) is 0 Å². The van der Waals surface area contributed by atoms with E-state index >= 15 is 0 Å². The van der Waals surface area contributed by atoms with Gasteiger partial charge in [0.15, 0.2) is 0 Å². The first kappa shape index (κ1) is 20.1. The summed E-state index contributed by atoms with van der Waals surface area (Å²) in [6.07, 6.45) is -3.66. The standard InChI is InChI=1S/C19H20ClF3N2O/c1-3-13(2)25(18(26)24-17-10-8-16(20)9-11-17)12-14-4-6-15(7-5-14)19(21,22)23/h4-11,13H,3,12H2,1-2H3,(H,24,26). The molecule has 0 fully saturated rings. The number of carbonyl (C=O) groups is 1. The van der Waals surface area contributed by atoms with Gasteiger partial charge in [-0.25, -0.2) is 4.79 Å². The highest BCUT2D eigenvalue weighted by Gasteiger charge is 2.30. The van der Waals surface area contributed by atoms with E-state index < -0.39 is 11.7 Å². The number of alkyl halides is 3. The van der Waals surface area contributed by atoms with Crippen molar-refractivity contribution in [3.63, 3.8) is 0 Å². The van der Waals surface area contributed by atoms with Crippen LogP contribution in [-0.4, -0.2) is 17.0 Å². The number of hydrogen-bond acceptors (Lipinski definition) is 1. The molecule has 2 aromatic carbocycles. The summed E-state index contributed by atoms with van der Waals surface area (Å²) in [5.41, 5.74) is 0.520. The number of urea groups is 1. The number of carbonyl (C=O) groups excluding carboxylic acids is 1. The van der Waals surface area contributed by atoms with Gasteiger partial charge in [0, 0.05) is 23.3 Å². The smallest absolute Gasteiger partial charge is 0.318 e. The van der Waals surface area contributed by atoms with Crippen molar-refractivity contribution < 1.29 is 18.0 Å². The zero-order valence-electron chi connectivity index (χ0n) is 14.5. The lowest BCUT2D eigenvalue weighted by atomic mass is 10.1. The Balaban J connectivity index is 2.13. The third-order valence-electron chi connectivity index (χ3n) is 4.11. The number of nitrogens with one attached hydrogen (secondary N) is 1. The van der Waals surface area contributed by atoms with Gasteiger partial charge in [-0.05, 0) is 55.3 Å². The summed E-state index contributed by atoms with van der Waals surface area (Å²) in [7, 11) is 0. The first-order valence-electron chi connectivity index (χ1n) is 8.20. The SMILES string of the molecule is CCC(C)N(Cc1ccc(C(F)(F)F)cc1)C(=O)Nc1ccc(Cl)cc1. The lowest BCUT2D eigenvalue weighted by Gasteiger charge is -2.29. The van der Waals surface area contributed by atoms with Crippen LogP contribution in [0.5, 0.6) is 0 Å². The Bertz CT molecular complexity index is 730. The minimum absolute atomic E-state index is 0.0791. The topological polar surface area (TPSA) is 32.3 Å². The predicted octanol–water partition coefficient (Wildman–Crippen LogP) is 6.19. The number of halogens is 4. The molecule has 140 valence electrons. The van der Waals surface area contributed by atoms with E-state index in [1.165, 1.54) is 12.1 Å². The largest absolute Gasteiger partial charge is 0.416 e. The lowest BCUT2D eigenvalue weighted by molar-refractivity contribution is -0.137. The average molecular weight is 385 g/mol. The second-order valence-electron chi connectivity index (χ2n) is 6.02. The maximum atomic E-state index is 12.7. The van der Waals surface area contributed by atoms with Gasteiger partial charge < -0.3 is 10.2 Å². The van der Waals surface area contributed by atoms with E-state index in [2.05, 4.69) is 5.32 Å². The maximum Gasteiger partial charge on any atom is 0.416 e. The molecule has 2 aromatic rings. The Kier molecular flexibility index (Phi) is 6.53. The van der Waals surface area contributed by atoms with Crippen molar-refractivity contribution in [3.05, 3.63) is 64.7 Å². The van der Waals surface area contributed by atoms with Crippen LogP contribution in [0.15, 0.2) is 48.5 Å². The molecular weight excluding hydrogens is 365 g/mol. The predicted molar refractivity (Wildman–Crippen MR) is 97.2 cm³/mol. The Morgan fingerprint density at radius 2 is 1.69 bits per heavy atom. The first-order chi connectivity index (χ1) is 12.2. The fraction of sp³-hybridized carbons (Fsp3) is 0.316. The number of rotatable bonds is 5. The summed E-state index contributed by atoms with van der Waals surface area (Å²) < 4.78 is 38.0. The molecule has 1 N–H and O–H groups in total. The number of anilines is 1. The fourth-order valence-electron chi connectivity index (χ4n) is 2.37. The number of hydrogen-bond donors (Lipinski definition) is 1. The molecule has 26 heavy (non-hydrogen) atoms. The van der Waals surface area contributed by atoms with Crippen molar-refractivity contribution in [2.45, 2.75) is 39.0 Å². The highest BCUT2D eigenvalue weighted by atomic mass is 35.5. The molecule has 0 aliphatic rings. The van der Waals surface area contributed by atoms with Gasteiger partial charge in [-0.1, -0.05) is 30.7 Å². The zero-order chi connectivity index (χ0) is 19.3. The monoisotopic (exact) mass is 384 g/mol. The highest BCUT2D eigenvalue weighted by molar-refractivity contribution is 6.30. The molecule has 0 aromatic heterocycles. The molecule has 0 saturated heterocycles. The Hall–Kier alpha value is -2.21. The summed E-state index contributed by atoms with van der Waals surface area (Å²) in [6, 6.07) is 11.2. The van der Waals surface area contributed by atoms with Crippen molar-refractivity contribution in [2.24, 2.45) is 0 Å². The van der Waals surface area contributed by atoms with Crippen LogP contribution in [0.1, 0.15) is 31.4 Å². The van der Waals surface area contributed by atoms with E-state index in [4.69, 9.17) is 11.6 Å². The van der Waals surface area contributed by atoms with Gasteiger partial charge in [-0.3, -0.25) is 0 Å². The van der Waals surface area contributed by atoms with Crippen LogP contribution in [0.2, 0.25) is 5.02 Å². The molecule has 0 spiro atoms. The third kappa shape index (κ3) is 5.39. The van der Waals surface area contributed by atoms with Crippen molar-refractivity contribution in [1.29, 1.82) is 0 Å². The van der Waals surface area contributed by atoms with E-state index in [0.29, 0.717) is 22.7 Å². The minimum Gasteiger partial charge on any atom is -0.318 e. The quantitative estimate of drug-likeness (QED) is 0.654. The van der Waals surface area contributed by atoms with Crippen LogP contribution in [0.25, 0.3) is 0 Å². The first-order valence-corrected chi connectivity index (χ1v) is 8.58. The average Bonchev–Trinajstić information content (AvgIpc) is 2.60. The van der Waals surface area contributed by atoms with E-state index in [1.54, 1.807) is 29.2 Å². The summed E-state index contributed by atoms with van der Waals surface area (Å²) >= 11 is 5.83. The Morgan fingerprint density at radius 3 is 2.19 bits per heavy atom. The van der Waals surface area contributed by atoms with Crippen LogP contribution in [0.4, 0.5) is 23.7 Å². The van der Waals surface area contributed by atoms with E-state index in [9.17, 15) is 18.0 Å². The molecule has 2 amide bonds. The molecular formula is C19H20ClF3N2O. The second-order valence-corrected chi connectivity index (χ2v) is 6.45. The third-order valence-corrected chi connectivity index (χ3v) is 4.37. The highest BCUT2D eigenvalue weighted by Crippen LogP contribution is 2.29. The van der Waals surface area contributed by atoms with Crippen LogP contribution in [0, 0.1) is 0 Å². The molecule has 2 rings (SSSR count). The fourth-order valence-corrected chi connectivity index (χ4v) is 2.50. The minimum atomic E-state index is -4.37. The normalized spacial score (nSPS) is 12.5. The van der Waals surface area contributed by atoms with Crippen molar-refractivity contribution in [3.8, 4) is 0 Å². The molecule has 0 bridgehead atoms. The zero-order valence-corrected chi connectivity index (χ0v) is 15.2. The summed E-state index contributed by atoms with van der Waals surface area (Å²) in [5, 5.41) is 3.35. The number of nitrogens with zero attached hydrogens (tertiary/aromatic N) is 1. The molecule has 0 radical (unpaired) electrons. The van der Waals surface area contributed by atoms with Crippen LogP contribution >= 0.6 is 11.6 Å². The van der Waals surface area contributed by atoms with Crippen molar-refractivity contribution in [2.75, 3.05) is 5.32 Å². The maximum absolute atomic E-state index is 12.7. The molecule has 0 saturated carbocycles. The van der Waals surface area contributed by atoms with Gasteiger partial charge in [-0.15, -0.1) is 0 Å². The molecule has 1 atom stereocenters. The van der Waals surface area contributed by atoms with E-state index in [1.807, 2.05) is 13.8 Å². The van der Waals surface area contributed by atoms with Crippen LogP contribution < -0.4 is 5.32 Å². The molecule has 3 nitrogen and oxygen atoms in total. The molecule has 0 aliphatic carbocycles.